The van der Waals surface area contributed by atoms with Crippen LogP contribution in [0.15, 0.2) is 184 Å². The summed E-state index contributed by atoms with van der Waals surface area (Å²) in [5.74, 6) is 0.747. The SMILES string of the molecule is c1ccc(-c2ccc(C3=NC(c4cccc5oc6c(-c7ccccc7)cc(-c7ccccc7)cc6c45)Nc4c3oc3ccccc43)cc2)cc1. The van der Waals surface area contributed by atoms with Crippen LogP contribution in [0.4, 0.5) is 5.69 Å². The van der Waals surface area contributed by atoms with Crippen molar-refractivity contribution in [2.45, 2.75) is 6.17 Å². The van der Waals surface area contributed by atoms with Crippen LogP contribution < -0.4 is 5.32 Å². The number of hydrogen-bond donors (Lipinski definition) is 1. The van der Waals surface area contributed by atoms with Gasteiger partial charge in [-0.25, -0.2) is 0 Å². The first-order chi connectivity index (χ1) is 24.8. The van der Waals surface area contributed by atoms with Crippen LogP contribution in [0.5, 0.6) is 0 Å². The molecule has 9 aromatic rings. The maximum atomic E-state index is 6.76. The molecule has 3 heterocycles. The average Bonchev–Trinajstić information content (AvgIpc) is 3.77. The van der Waals surface area contributed by atoms with Gasteiger partial charge in [-0.2, -0.15) is 0 Å². The van der Waals surface area contributed by atoms with Crippen molar-refractivity contribution in [3.63, 3.8) is 0 Å². The van der Waals surface area contributed by atoms with Crippen LogP contribution in [0, 0.1) is 0 Å². The third-order valence-corrected chi connectivity index (χ3v) is 9.73. The molecule has 0 radical (unpaired) electrons. The van der Waals surface area contributed by atoms with E-state index in [-0.39, 0.29) is 0 Å². The molecular formula is C46H30N2O2. The minimum atomic E-state index is -0.391. The molecule has 2 aromatic heterocycles. The Morgan fingerprint density at radius 1 is 0.460 bits per heavy atom. The predicted octanol–water partition coefficient (Wildman–Crippen LogP) is 12.3. The molecule has 0 aliphatic carbocycles. The van der Waals surface area contributed by atoms with Gasteiger partial charge in [-0.15, -0.1) is 0 Å². The summed E-state index contributed by atoms with van der Waals surface area (Å²) in [4.78, 5) is 5.43. The van der Waals surface area contributed by atoms with Crippen molar-refractivity contribution in [2.24, 2.45) is 4.99 Å². The van der Waals surface area contributed by atoms with Gasteiger partial charge < -0.3 is 14.2 Å². The zero-order chi connectivity index (χ0) is 33.0. The second-order valence-corrected chi connectivity index (χ2v) is 12.7. The molecule has 4 heteroatoms. The van der Waals surface area contributed by atoms with Gasteiger partial charge >= 0.3 is 0 Å². The number of aliphatic imine (C=N–C) groups is 1. The van der Waals surface area contributed by atoms with E-state index in [0.717, 1.165) is 89.0 Å². The monoisotopic (exact) mass is 642 g/mol. The maximum Gasteiger partial charge on any atom is 0.177 e. The third-order valence-electron chi connectivity index (χ3n) is 9.73. The molecule has 7 aromatic carbocycles. The van der Waals surface area contributed by atoms with Crippen molar-refractivity contribution in [3.8, 4) is 33.4 Å². The number of rotatable bonds is 5. The van der Waals surface area contributed by atoms with E-state index in [0.29, 0.717) is 0 Å². The maximum absolute atomic E-state index is 6.76. The Morgan fingerprint density at radius 3 is 1.80 bits per heavy atom. The Hall–Kier alpha value is -6.65. The van der Waals surface area contributed by atoms with Gasteiger partial charge in [0.2, 0.25) is 0 Å². The molecule has 0 fully saturated rings. The van der Waals surface area contributed by atoms with E-state index in [1.165, 1.54) is 5.56 Å². The highest BCUT2D eigenvalue weighted by atomic mass is 16.3. The summed E-state index contributed by atoms with van der Waals surface area (Å²) >= 11 is 0. The summed E-state index contributed by atoms with van der Waals surface area (Å²) in [6.45, 7) is 0. The fraction of sp³-hybridized carbons (Fsp3) is 0.0217. The van der Waals surface area contributed by atoms with Gasteiger partial charge in [0.05, 0.1) is 5.69 Å². The Labute approximate surface area is 289 Å². The number of anilines is 1. The summed E-state index contributed by atoms with van der Waals surface area (Å²) in [6, 6.07) is 59.1. The number of nitrogens with one attached hydrogen (secondary N) is 1. The van der Waals surface area contributed by atoms with Crippen molar-refractivity contribution in [3.05, 3.63) is 187 Å². The predicted molar refractivity (Wildman–Crippen MR) is 205 cm³/mol. The molecule has 0 saturated heterocycles. The van der Waals surface area contributed by atoms with Crippen molar-refractivity contribution in [1.82, 2.24) is 0 Å². The lowest BCUT2D eigenvalue weighted by molar-refractivity contribution is 0.599. The van der Waals surface area contributed by atoms with Crippen molar-refractivity contribution in [2.75, 3.05) is 5.32 Å². The van der Waals surface area contributed by atoms with Gasteiger partial charge in [0, 0.05) is 32.8 Å². The molecule has 4 nitrogen and oxygen atoms in total. The van der Waals surface area contributed by atoms with Crippen molar-refractivity contribution < 1.29 is 8.83 Å². The Kier molecular flexibility index (Phi) is 6.53. The van der Waals surface area contributed by atoms with Crippen LogP contribution in [0.3, 0.4) is 0 Å². The van der Waals surface area contributed by atoms with Gasteiger partial charge in [-0.3, -0.25) is 4.99 Å². The summed E-state index contributed by atoms with van der Waals surface area (Å²) in [5, 5.41) is 6.93. The van der Waals surface area contributed by atoms with Crippen LogP contribution in [-0.4, -0.2) is 5.71 Å². The number of fused-ring (bicyclic) bond motifs is 6. The normalized spacial score (nSPS) is 14.1. The van der Waals surface area contributed by atoms with Gasteiger partial charge in [0.1, 0.15) is 28.6 Å². The largest absolute Gasteiger partial charge is 0.455 e. The fourth-order valence-electron chi connectivity index (χ4n) is 7.33. The van der Waals surface area contributed by atoms with Crippen LogP contribution in [0.2, 0.25) is 0 Å². The minimum absolute atomic E-state index is 0.391. The van der Waals surface area contributed by atoms with Gasteiger partial charge in [-0.05, 0) is 58.1 Å². The van der Waals surface area contributed by atoms with E-state index in [1.807, 2.05) is 24.3 Å². The summed E-state index contributed by atoms with van der Waals surface area (Å²) in [5.41, 5.74) is 13.1. The number of para-hydroxylation sites is 1. The molecule has 0 saturated carbocycles. The first kappa shape index (κ1) is 28.4. The molecule has 1 unspecified atom stereocenters. The second kappa shape index (κ2) is 11.5. The highest BCUT2D eigenvalue weighted by Gasteiger charge is 2.30. The quantitative estimate of drug-likeness (QED) is 0.203. The van der Waals surface area contributed by atoms with E-state index in [9.17, 15) is 0 Å². The molecule has 1 aliphatic rings. The molecule has 1 aliphatic heterocycles. The molecule has 1 N–H and O–H groups in total. The van der Waals surface area contributed by atoms with E-state index >= 15 is 0 Å². The summed E-state index contributed by atoms with van der Waals surface area (Å²) < 4.78 is 13.3. The van der Waals surface area contributed by atoms with Crippen LogP contribution >= 0.6 is 0 Å². The number of furan rings is 2. The molecule has 0 spiro atoms. The third kappa shape index (κ3) is 4.65. The molecule has 0 amide bonds. The molecule has 1 atom stereocenters. The first-order valence-electron chi connectivity index (χ1n) is 16.9. The van der Waals surface area contributed by atoms with Crippen molar-refractivity contribution >= 4 is 44.3 Å². The van der Waals surface area contributed by atoms with Crippen LogP contribution in [0.1, 0.15) is 23.1 Å². The standard InChI is InChI=1S/C46H30N2O2/c1-4-13-29(14-5-1)31-23-25-33(26-24-31)42-45-43(35-19-10-11-21-39(35)49-45)48-46(47-42)36-20-12-22-40-41(36)38-28-34(30-15-6-2-7-16-30)27-37(44(38)50-40)32-17-8-3-9-18-32/h1-28,46,48H. The molecular weight excluding hydrogens is 613 g/mol. The minimum Gasteiger partial charge on any atom is -0.455 e. The zero-order valence-corrected chi connectivity index (χ0v) is 27.0. The Bertz CT molecular complexity index is 2710. The zero-order valence-electron chi connectivity index (χ0n) is 27.0. The molecule has 10 rings (SSSR count). The number of benzene rings is 7. The lowest BCUT2D eigenvalue weighted by atomic mass is 9.94. The molecule has 236 valence electrons. The Morgan fingerprint density at radius 2 is 1.06 bits per heavy atom. The van der Waals surface area contributed by atoms with E-state index in [1.54, 1.807) is 0 Å². The molecule has 0 bridgehead atoms. The number of nitrogens with zero attached hydrogens (tertiary/aromatic N) is 1. The van der Waals surface area contributed by atoms with E-state index < -0.39 is 6.17 Å². The van der Waals surface area contributed by atoms with E-state index in [2.05, 4.69) is 151 Å². The average molecular weight is 643 g/mol. The second-order valence-electron chi connectivity index (χ2n) is 12.7. The topological polar surface area (TPSA) is 50.7 Å². The Balaban J connectivity index is 1.19. The van der Waals surface area contributed by atoms with Gasteiger partial charge in [0.15, 0.2) is 5.76 Å². The van der Waals surface area contributed by atoms with Gasteiger partial charge in [-0.1, -0.05) is 140 Å². The van der Waals surface area contributed by atoms with Gasteiger partial charge in [0.25, 0.3) is 0 Å². The van der Waals surface area contributed by atoms with Crippen molar-refractivity contribution in [1.29, 1.82) is 0 Å². The number of hydrogen-bond acceptors (Lipinski definition) is 4. The summed E-state index contributed by atoms with van der Waals surface area (Å²) in [7, 11) is 0. The highest BCUT2D eigenvalue weighted by Crippen LogP contribution is 2.45. The lowest BCUT2D eigenvalue weighted by Gasteiger charge is -2.24. The summed E-state index contributed by atoms with van der Waals surface area (Å²) in [6.07, 6.45) is -0.391. The van der Waals surface area contributed by atoms with Crippen LogP contribution in [0.25, 0.3) is 66.3 Å². The molecule has 50 heavy (non-hydrogen) atoms. The van der Waals surface area contributed by atoms with Crippen LogP contribution in [-0.2, 0) is 0 Å². The highest BCUT2D eigenvalue weighted by molar-refractivity contribution is 6.19. The smallest absolute Gasteiger partial charge is 0.177 e. The van der Waals surface area contributed by atoms with E-state index in [4.69, 9.17) is 13.8 Å². The fourth-order valence-corrected chi connectivity index (χ4v) is 7.33. The lowest BCUT2D eigenvalue weighted by Crippen LogP contribution is -2.19. The first-order valence-corrected chi connectivity index (χ1v) is 16.9.